The Morgan fingerprint density at radius 1 is 1.29 bits per heavy atom. The second-order valence-corrected chi connectivity index (χ2v) is 6.31. The fourth-order valence-electron chi connectivity index (χ4n) is 2.76. The molecule has 0 aliphatic carbocycles. The van der Waals surface area contributed by atoms with Crippen molar-refractivity contribution in [3.8, 4) is 0 Å². The number of amides is 1. The monoisotopic (exact) mass is 328 g/mol. The number of anilines is 1. The van der Waals surface area contributed by atoms with E-state index < -0.39 is 0 Å². The third-order valence-electron chi connectivity index (χ3n) is 4.29. The van der Waals surface area contributed by atoms with Crippen molar-refractivity contribution in [3.05, 3.63) is 42.1 Å². The molecule has 2 aliphatic rings. The van der Waals surface area contributed by atoms with Crippen molar-refractivity contribution in [1.29, 1.82) is 0 Å². The van der Waals surface area contributed by atoms with Crippen molar-refractivity contribution >= 4 is 17.6 Å². The summed E-state index contributed by atoms with van der Waals surface area (Å²) < 4.78 is 5.01. The van der Waals surface area contributed by atoms with E-state index in [0.717, 1.165) is 23.8 Å². The van der Waals surface area contributed by atoms with Gasteiger partial charge in [0.2, 0.25) is 0 Å². The van der Waals surface area contributed by atoms with Gasteiger partial charge in [-0.15, -0.1) is 0 Å². The van der Waals surface area contributed by atoms with Gasteiger partial charge < -0.3 is 15.0 Å². The quantitative estimate of drug-likeness (QED) is 0.923. The number of carbonyl (C=O) groups is 1. The van der Waals surface area contributed by atoms with Crippen LogP contribution in [0, 0.1) is 0 Å². The predicted octanol–water partition coefficient (Wildman–Crippen LogP) is 2.89. The molecular weight excluding hydrogens is 304 g/mol. The van der Waals surface area contributed by atoms with Crippen LogP contribution in [0.2, 0.25) is 0 Å². The Kier molecular flexibility index (Phi) is 4.74. The average Bonchev–Trinajstić information content (AvgIpc) is 3.01. The maximum Gasteiger partial charge on any atom is 0.414 e. The lowest BCUT2D eigenvalue weighted by molar-refractivity contribution is 0.181. The van der Waals surface area contributed by atoms with Crippen LogP contribution in [0.25, 0.3) is 0 Å². The number of cyclic esters (lactones) is 1. The van der Waals surface area contributed by atoms with Crippen LogP contribution >= 0.6 is 0 Å². The van der Waals surface area contributed by atoms with Crippen LogP contribution < -0.4 is 10.2 Å². The van der Waals surface area contributed by atoms with Gasteiger partial charge in [0.05, 0.1) is 19.3 Å². The maximum atomic E-state index is 11.7. The summed E-state index contributed by atoms with van der Waals surface area (Å²) >= 11 is 0. The smallest absolute Gasteiger partial charge is 0.414 e. The Morgan fingerprint density at radius 2 is 2.12 bits per heavy atom. The highest BCUT2D eigenvalue weighted by Crippen LogP contribution is 2.25. The van der Waals surface area contributed by atoms with Gasteiger partial charge in [-0.3, -0.25) is 9.89 Å². The molecule has 0 saturated carbocycles. The maximum absolute atomic E-state index is 11.7. The third-order valence-corrected chi connectivity index (χ3v) is 4.29. The van der Waals surface area contributed by atoms with E-state index in [1.165, 1.54) is 0 Å². The fourth-order valence-corrected chi connectivity index (χ4v) is 2.76. The first-order chi connectivity index (χ1) is 11.5. The number of hydrogen-bond acceptors (Lipinski definition) is 4. The van der Waals surface area contributed by atoms with Crippen molar-refractivity contribution in [2.75, 3.05) is 24.7 Å². The number of hydrogen-bond donors (Lipinski definition) is 1. The van der Waals surface area contributed by atoms with Gasteiger partial charge in [0.15, 0.2) is 0 Å². The minimum atomic E-state index is -0.281. The molecule has 0 radical (unpaired) electrons. The van der Waals surface area contributed by atoms with E-state index >= 15 is 0 Å². The van der Waals surface area contributed by atoms with Gasteiger partial charge in [-0.25, -0.2) is 4.79 Å². The first kappa shape index (κ1) is 16.4. The van der Waals surface area contributed by atoms with E-state index in [1.807, 2.05) is 30.3 Å². The second kappa shape index (κ2) is 6.95. The number of benzene rings is 1. The molecule has 1 aromatic carbocycles. The summed E-state index contributed by atoms with van der Waals surface area (Å²) in [5.74, 6) is 0.880. The molecule has 3 rings (SSSR count). The summed E-state index contributed by atoms with van der Waals surface area (Å²) in [7, 11) is 0. The highest BCUT2D eigenvalue weighted by Gasteiger charge is 2.24. The first-order valence-electron chi connectivity index (χ1n) is 8.34. The van der Waals surface area contributed by atoms with E-state index in [9.17, 15) is 4.79 Å². The number of nitrogens with one attached hydrogen (secondary N) is 1. The minimum Gasteiger partial charge on any atom is -0.447 e. The Labute approximate surface area is 142 Å². The SMILES string of the molecule is CC(C)N1C=CC(=N[C@@H](C)c2cccc(N3CCOC3=O)c2)NC1. The normalized spacial score (nSPS) is 20.5. The van der Waals surface area contributed by atoms with Crippen molar-refractivity contribution < 1.29 is 9.53 Å². The van der Waals surface area contributed by atoms with Crippen molar-refractivity contribution in [3.63, 3.8) is 0 Å². The van der Waals surface area contributed by atoms with Gasteiger partial charge in [0, 0.05) is 17.9 Å². The molecule has 0 unspecified atom stereocenters. The van der Waals surface area contributed by atoms with Crippen LogP contribution in [0.1, 0.15) is 32.4 Å². The van der Waals surface area contributed by atoms with Gasteiger partial charge in [-0.2, -0.15) is 0 Å². The van der Waals surface area contributed by atoms with E-state index in [-0.39, 0.29) is 12.1 Å². The predicted molar refractivity (Wildman–Crippen MR) is 95.1 cm³/mol. The zero-order chi connectivity index (χ0) is 17.1. The molecule has 1 amide bonds. The van der Waals surface area contributed by atoms with Gasteiger partial charge in [-0.1, -0.05) is 12.1 Å². The molecule has 2 aliphatic heterocycles. The van der Waals surface area contributed by atoms with Gasteiger partial charge in [-0.05, 0) is 44.5 Å². The molecular formula is C18H24N4O2. The molecule has 128 valence electrons. The summed E-state index contributed by atoms with van der Waals surface area (Å²) in [6, 6.07) is 8.39. The van der Waals surface area contributed by atoms with Crippen molar-refractivity contribution in [2.24, 2.45) is 4.99 Å². The zero-order valence-corrected chi connectivity index (χ0v) is 14.4. The van der Waals surface area contributed by atoms with Gasteiger partial charge in [0.25, 0.3) is 0 Å². The van der Waals surface area contributed by atoms with Crippen LogP contribution in [0.4, 0.5) is 10.5 Å². The summed E-state index contributed by atoms with van der Waals surface area (Å²) in [5.41, 5.74) is 1.93. The molecule has 24 heavy (non-hydrogen) atoms. The third kappa shape index (κ3) is 3.53. The summed E-state index contributed by atoms with van der Waals surface area (Å²) in [5, 5.41) is 3.33. The number of ether oxygens (including phenoxy) is 1. The number of rotatable bonds is 4. The van der Waals surface area contributed by atoms with Crippen LogP contribution in [0.15, 0.2) is 41.5 Å². The number of amidine groups is 1. The largest absolute Gasteiger partial charge is 0.447 e. The van der Waals surface area contributed by atoms with E-state index in [0.29, 0.717) is 19.2 Å². The van der Waals surface area contributed by atoms with E-state index in [2.05, 4.69) is 37.2 Å². The summed E-state index contributed by atoms with van der Waals surface area (Å²) in [6.45, 7) is 8.18. The highest BCUT2D eigenvalue weighted by atomic mass is 16.6. The van der Waals surface area contributed by atoms with Crippen LogP contribution in [0.5, 0.6) is 0 Å². The lowest BCUT2D eigenvalue weighted by Gasteiger charge is -2.29. The molecule has 1 saturated heterocycles. The molecule has 6 heteroatoms. The lowest BCUT2D eigenvalue weighted by atomic mass is 10.1. The Hall–Kier alpha value is -2.50. The first-order valence-corrected chi connectivity index (χ1v) is 8.34. The number of carbonyl (C=O) groups excluding carboxylic acids is 1. The van der Waals surface area contributed by atoms with Crippen molar-refractivity contribution in [2.45, 2.75) is 32.9 Å². The topological polar surface area (TPSA) is 57.2 Å². The van der Waals surface area contributed by atoms with Gasteiger partial charge >= 0.3 is 6.09 Å². The van der Waals surface area contributed by atoms with E-state index in [1.54, 1.807) is 4.90 Å². The fraction of sp³-hybridized carbons (Fsp3) is 0.444. The number of aliphatic imine (C=N–C) groups is 1. The Balaban J connectivity index is 1.74. The van der Waals surface area contributed by atoms with Crippen LogP contribution in [0.3, 0.4) is 0 Å². The lowest BCUT2D eigenvalue weighted by Crippen LogP contribution is -2.41. The Bertz CT molecular complexity index is 669. The van der Waals surface area contributed by atoms with E-state index in [4.69, 9.17) is 9.73 Å². The molecule has 1 fully saturated rings. The van der Waals surface area contributed by atoms with Crippen molar-refractivity contribution in [1.82, 2.24) is 10.2 Å². The molecule has 2 heterocycles. The molecule has 1 N–H and O–H groups in total. The average molecular weight is 328 g/mol. The van der Waals surface area contributed by atoms with Crippen LogP contribution in [-0.4, -0.2) is 42.7 Å². The standard InChI is InChI=1S/C18H24N4O2/c1-13(2)21-8-7-17(19-12-21)20-14(3)15-5-4-6-16(11-15)22-9-10-24-18(22)23/h4-8,11,13-14H,9-10,12H2,1-3H3,(H,19,20)/t14-/m0/s1. The minimum absolute atomic E-state index is 0.00123. The second-order valence-electron chi connectivity index (χ2n) is 6.31. The molecule has 6 nitrogen and oxygen atoms in total. The highest BCUT2D eigenvalue weighted by molar-refractivity contribution is 5.93. The molecule has 0 aromatic heterocycles. The molecule has 0 bridgehead atoms. The Morgan fingerprint density at radius 3 is 2.75 bits per heavy atom. The zero-order valence-electron chi connectivity index (χ0n) is 14.4. The summed E-state index contributed by atoms with van der Waals surface area (Å²) in [4.78, 5) is 20.3. The molecule has 1 aromatic rings. The van der Waals surface area contributed by atoms with Crippen LogP contribution in [-0.2, 0) is 4.74 Å². The summed E-state index contributed by atoms with van der Waals surface area (Å²) in [6.07, 6.45) is 3.79. The molecule has 0 spiro atoms. The van der Waals surface area contributed by atoms with Gasteiger partial charge in [0.1, 0.15) is 12.4 Å². The number of nitrogens with zero attached hydrogens (tertiary/aromatic N) is 3. The molecule has 1 atom stereocenters.